The largest absolute Gasteiger partial charge is 0.506 e. The van der Waals surface area contributed by atoms with Gasteiger partial charge in [-0.25, -0.2) is 8.42 Å². The molecule has 0 unspecified atom stereocenters. The first kappa shape index (κ1) is 19.4. The van der Waals surface area contributed by atoms with Gasteiger partial charge in [-0.15, -0.1) is 0 Å². The summed E-state index contributed by atoms with van der Waals surface area (Å²) in [7, 11) is -3.64. The normalized spacial score (nSPS) is 12.4. The van der Waals surface area contributed by atoms with Gasteiger partial charge in [0.1, 0.15) is 5.75 Å². The number of rotatable bonds is 6. The molecule has 0 saturated carbocycles. The second-order valence-electron chi connectivity index (χ2n) is 6.55. The predicted molar refractivity (Wildman–Crippen MR) is 90.9 cm³/mol. The molecule has 0 spiro atoms. The predicted octanol–water partition coefficient (Wildman–Crippen LogP) is 2.80. The van der Waals surface area contributed by atoms with E-state index in [9.17, 15) is 18.3 Å². The molecule has 0 bridgehead atoms. The van der Waals surface area contributed by atoms with Crippen molar-refractivity contribution in [2.24, 2.45) is 5.41 Å². The van der Waals surface area contributed by atoms with E-state index in [1.807, 2.05) is 20.8 Å². The number of aromatic hydroxyl groups is 1. The van der Waals surface area contributed by atoms with Crippen LogP contribution in [0, 0.1) is 5.41 Å². The van der Waals surface area contributed by atoms with Crippen molar-refractivity contribution in [1.29, 1.82) is 0 Å². The average molecular weight is 342 g/mol. The molecule has 1 aromatic rings. The van der Waals surface area contributed by atoms with E-state index >= 15 is 0 Å². The summed E-state index contributed by atoms with van der Waals surface area (Å²) in [6, 6.07) is 3.91. The van der Waals surface area contributed by atoms with E-state index in [0.717, 1.165) is 0 Å². The molecule has 0 radical (unpaired) electrons. The molecule has 23 heavy (non-hydrogen) atoms. The minimum absolute atomic E-state index is 0.0464. The molecular formula is C16H26N2O4S. The number of nitrogens with one attached hydrogen (secondary N) is 1. The van der Waals surface area contributed by atoms with Crippen molar-refractivity contribution < 1.29 is 18.3 Å². The van der Waals surface area contributed by atoms with E-state index in [1.54, 1.807) is 13.8 Å². The molecule has 0 saturated heterocycles. The molecule has 0 heterocycles. The molecule has 1 aromatic carbocycles. The van der Waals surface area contributed by atoms with Crippen LogP contribution in [0.4, 0.5) is 5.69 Å². The fraction of sp³-hybridized carbons (Fsp3) is 0.562. The standard InChI is InChI=1S/C16H26N2O4S/c1-6-18(7-2)23(21,22)12-8-9-14(19)13(10-12)17-15(20)11-16(3,4)5/h8-10,19H,6-7,11H2,1-5H3,(H,17,20). The Morgan fingerprint density at radius 1 is 1.22 bits per heavy atom. The van der Waals surface area contributed by atoms with Gasteiger partial charge in [0.25, 0.3) is 0 Å². The van der Waals surface area contributed by atoms with Crippen molar-refractivity contribution in [3.63, 3.8) is 0 Å². The highest BCUT2D eigenvalue weighted by Crippen LogP contribution is 2.29. The van der Waals surface area contributed by atoms with Crippen LogP contribution in [0.2, 0.25) is 0 Å². The van der Waals surface area contributed by atoms with Crippen LogP contribution in [0.1, 0.15) is 41.0 Å². The van der Waals surface area contributed by atoms with Crippen LogP contribution in [-0.2, 0) is 14.8 Å². The highest BCUT2D eigenvalue weighted by Gasteiger charge is 2.23. The third kappa shape index (κ3) is 5.21. The summed E-state index contributed by atoms with van der Waals surface area (Å²) in [5.74, 6) is -0.434. The number of benzene rings is 1. The first-order valence-electron chi connectivity index (χ1n) is 7.64. The van der Waals surface area contributed by atoms with Crippen LogP contribution in [0.25, 0.3) is 0 Å². The maximum Gasteiger partial charge on any atom is 0.243 e. The quantitative estimate of drug-likeness (QED) is 0.778. The number of phenolic OH excluding ortho intramolecular Hbond substituents is 1. The van der Waals surface area contributed by atoms with Gasteiger partial charge in [-0.05, 0) is 23.6 Å². The summed E-state index contributed by atoms with van der Waals surface area (Å²) in [6.45, 7) is 9.99. The molecule has 0 fully saturated rings. The molecule has 0 aliphatic carbocycles. The van der Waals surface area contributed by atoms with Crippen molar-refractivity contribution >= 4 is 21.6 Å². The molecule has 0 aromatic heterocycles. The highest BCUT2D eigenvalue weighted by molar-refractivity contribution is 7.89. The molecule has 6 nitrogen and oxygen atoms in total. The summed E-state index contributed by atoms with van der Waals surface area (Å²) < 4.78 is 26.3. The summed E-state index contributed by atoms with van der Waals surface area (Å²) in [6.07, 6.45) is 0.263. The average Bonchev–Trinajstić information content (AvgIpc) is 2.40. The zero-order valence-corrected chi connectivity index (χ0v) is 15.2. The molecule has 0 atom stereocenters. The SMILES string of the molecule is CCN(CC)S(=O)(=O)c1ccc(O)c(NC(=O)CC(C)(C)C)c1. The molecule has 0 aliphatic heterocycles. The number of carbonyl (C=O) groups is 1. The Morgan fingerprint density at radius 3 is 2.26 bits per heavy atom. The summed E-state index contributed by atoms with van der Waals surface area (Å²) >= 11 is 0. The van der Waals surface area contributed by atoms with Crippen molar-refractivity contribution in [3.05, 3.63) is 18.2 Å². The Kier molecular flexibility index (Phi) is 6.18. The van der Waals surface area contributed by atoms with Crippen molar-refractivity contribution in [1.82, 2.24) is 4.31 Å². The lowest BCUT2D eigenvalue weighted by Gasteiger charge is -2.20. The first-order valence-corrected chi connectivity index (χ1v) is 9.08. The lowest BCUT2D eigenvalue weighted by molar-refractivity contribution is -0.117. The summed E-state index contributed by atoms with van der Waals surface area (Å²) in [5.41, 5.74) is -0.0996. The monoisotopic (exact) mass is 342 g/mol. The van der Waals surface area contributed by atoms with E-state index in [1.165, 1.54) is 22.5 Å². The third-order valence-electron chi connectivity index (χ3n) is 3.28. The Morgan fingerprint density at radius 2 is 1.78 bits per heavy atom. The lowest BCUT2D eigenvalue weighted by Crippen LogP contribution is -2.30. The lowest BCUT2D eigenvalue weighted by atomic mass is 9.92. The van der Waals surface area contributed by atoms with Gasteiger partial charge in [-0.2, -0.15) is 4.31 Å². The molecular weight excluding hydrogens is 316 g/mol. The van der Waals surface area contributed by atoms with Gasteiger partial charge in [0.2, 0.25) is 15.9 Å². The van der Waals surface area contributed by atoms with E-state index in [-0.39, 0.29) is 34.1 Å². The van der Waals surface area contributed by atoms with E-state index in [2.05, 4.69) is 5.32 Å². The Balaban J connectivity index is 3.11. The van der Waals surface area contributed by atoms with Gasteiger partial charge in [0.05, 0.1) is 10.6 Å². The second-order valence-corrected chi connectivity index (χ2v) is 8.49. The van der Waals surface area contributed by atoms with Crippen LogP contribution in [0.5, 0.6) is 5.75 Å². The molecule has 7 heteroatoms. The Labute approximate surface area is 138 Å². The number of nitrogens with zero attached hydrogens (tertiary/aromatic N) is 1. The van der Waals surface area contributed by atoms with Gasteiger partial charge in [-0.3, -0.25) is 4.79 Å². The van der Waals surface area contributed by atoms with Crippen molar-refractivity contribution in [2.75, 3.05) is 18.4 Å². The number of phenols is 1. The minimum atomic E-state index is -3.64. The second kappa shape index (κ2) is 7.31. The third-order valence-corrected chi connectivity index (χ3v) is 5.32. The van der Waals surface area contributed by atoms with E-state index in [0.29, 0.717) is 13.1 Å². The van der Waals surface area contributed by atoms with Crippen LogP contribution in [0.15, 0.2) is 23.1 Å². The van der Waals surface area contributed by atoms with Gasteiger partial charge in [0, 0.05) is 19.5 Å². The van der Waals surface area contributed by atoms with Crippen LogP contribution in [-0.4, -0.2) is 36.8 Å². The van der Waals surface area contributed by atoms with E-state index in [4.69, 9.17) is 0 Å². The van der Waals surface area contributed by atoms with Crippen LogP contribution >= 0.6 is 0 Å². The first-order chi connectivity index (χ1) is 10.5. The smallest absolute Gasteiger partial charge is 0.243 e. The summed E-state index contributed by atoms with van der Waals surface area (Å²) in [4.78, 5) is 12.1. The zero-order chi connectivity index (χ0) is 17.8. The number of hydrogen-bond acceptors (Lipinski definition) is 4. The molecule has 1 amide bonds. The van der Waals surface area contributed by atoms with Gasteiger partial charge >= 0.3 is 0 Å². The topological polar surface area (TPSA) is 86.7 Å². The molecule has 1 rings (SSSR count). The fourth-order valence-electron chi connectivity index (χ4n) is 2.16. The highest BCUT2D eigenvalue weighted by atomic mass is 32.2. The van der Waals surface area contributed by atoms with Gasteiger partial charge in [-0.1, -0.05) is 34.6 Å². The molecule has 130 valence electrons. The Bertz CT molecular complexity index is 659. The van der Waals surface area contributed by atoms with Crippen LogP contribution < -0.4 is 5.32 Å². The zero-order valence-electron chi connectivity index (χ0n) is 14.4. The van der Waals surface area contributed by atoms with Crippen LogP contribution in [0.3, 0.4) is 0 Å². The van der Waals surface area contributed by atoms with Crippen molar-refractivity contribution in [3.8, 4) is 5.75 Å². The number of carbonyl (C=O) groups excluding carboxylic acids is 1. The Hall–Kier alpha value is -1.60. The van der Waals surface area contributed by atoms with E-state index < -0.39 is 10.0 Å². The summed E-state index contributed by atoms with van der Waals surface area (Å²) in [5, 5.41) is 12.5. The molecule has 2 N–H and O–H groups in total. The number of amides is 1. The van der Waals surface area contributed by atoms with Crippen molar-refractivity contribution in [2.45, 2.75) is 45.9 Å². The number of anilines is 1. The fourth-order valence-corrected chi connectivity index (χ4v) is 3.65. The molecule has 0 aliphatic rings. The number of sulfonamides is 1. The number of hydrogen-bond donors (Lipinski definition) is 2. The van der Waals surface area contributed by atoms with Gasteiger partial charge in [0.15, 0.2) is 0 Å². The minimum Gasteiger partial charge on any atom is -0.506 e. The maximum absolute atomic E-state index is 12.5. The maximum atomic E-state index is 12.5. The van der Waals surface area contributed by atoms with Gasteiger partial charge < -0.3 is 10.4 Å².